The van der Waals surface area contributed by atoms with Crippen molar-refractivity contribution in [3.05, 3.63) is 50.8 Å². The summed E-state index contributed by atoms with van der Waals surface area (Å²) in [4.78, 5) is 73.0. The Morgan fingerprint density at radius 1 is 1.20 bits per heavy atom. The number of nitrogens with two attached hydrogens (primary N) is 1. The number of phenols is 2. The maximum atomic E-state index is 13.3. The number of oxime groups is 1. The van der Waals surface area contributed by atoms with Gasteiger partial charge in [-0.3, -0.25) is 19.3 Å². The van der Waals surface area contributed by atoms with Crippen LogP contribution in [0, 0.1) is 0 Å². The number of aliphatic carboxylic acids is 2. The Hall–Kier alpha value is -4.33. The summed E-state index contributed by atoms with van der Waals surface area (Å²) in [6.45, 7) is 2.45. The lowest BCUT2D eigenvalue weighted by atomic mass is 10.0. The summed E-state index contributed by atoms with van der Waals surface area (Å²) in [6.07, 6.45) is 0. The van der Waals surface area contributed by atoms with Gasteiger partial charge in [0.2, 0.25) is 5.60 Å². The Morgan fingerprint density at radius 2 is 1.91 bits per heavy atom. The second kappa shape index (κ2) is 12.2. The highest BCUT2D eigenvalue weighted by Gasteiger charge is 2.54. The van der Waals surface area contributed by atoms with Gasteiger partial charge in [-0.1, -0.05) is 5.16 Å². The van der Waals surface area contributed by atoms with Gasteiger partial charge in [-0.05, 0) is 25.5 Å². The van der Waals surface area contributed by atoms with E-state index in [4.69, 9.17) is 10.6 Å². The molecule has 4 heterocycles. The molecule has 1 fully saturated rings. The zero-order valence-corrected chi connectivity index (χ0v) is 26.4. The third-order valence-corrected chi connectivity index (χ3v) is 11.0. The van der Waals surface area contributed by atoms with Gasteiger partial charge >= 0.3 is 11.9 Å². The van der Waals surface area contributed by atoms with E-state index in [1.54, 1.807) is 0 Å². The quantitative estimate of drug-likeness (QED) is 0.0584. The number of nitrogens with one attached hydrogen (secondary N) is 1. The van der Waals surface area contributed by atoms with E-state index >= 15 is 0 Å². The van der Waals surface area contributed by atoms with Crippen LogP contribution in [-0.2, 0) is 24.0 Å². The number of carboxylic acid groups (broad SMARTS) is 2. The van der Waals surface area contributed by atoms with Crippen LogP contribution in [0.1, 0.15) is 19.5 Å². The number of nitrogen functional groups attached to an aromatic ring is 1. The van der Waals surface area contributed by atoms with Gasteiger partial charge in [0.1, 0.15) is 22.8 Å². The maximum absolute atomic E-state index is 13.3. The number of thioether (sulfide) groups is 2. The van der Waals surface area contributed by atoms with Crippen LogP contribution in [0.5, 0.6) is 11.5 Å². The van der Waals surface area contributed by atoms with E-state index in [1.807, 2.05) is 0 Å². The number of anilines is 1. The molecule has 7 N–H and O–H groups in total. The van der Waals surface area contributed by atoms with Crippen LogP contribution >= 0.6 is 46.2 Å². The number of carbonyl (C=O) groups is 4. The largest absolute Gasteiger partial charge is 0.504 e. The molecule has 19 heteroatoms. The molecule has 0 saturated carbocycles. The summed E-state index contributed by atoms with van der Waals surface area (Å²) in [5.41, 5.74) is 3.26. The smallest absolute Gasteiger partial charge is 0.352 e. The molecule has 0 aliphatic carbocycles. The minimum atomic E-state index is -1.79. The van der Waals surface area contributed by atoms with Gasteiger partial charge in [0.15, 0.2) is 27.8 Å². The fourth-order valence-electron chi connectivity index (χ4n) is 4.19. The molecule has 1 saturated heterocycles. The minimum Gasteiger partial charge on any atom is -0.504 e. The summed E-state index contributed by atoms with van der Waals surface area (Å²) in [7, 11) is 0. The fourth-order valence-corrected chi connectivity index (χ4v) is 8.46. The van der Waals surface area contributed by atoms with Crippen molar-refractivity contribution >= 4 is 90.9 Å². The lowest BCUT2D eigenvalue weighted by Gasteiger charge is -2.49. The first-order chi connectivity index (χ1) is 21.2. The Labute approximate surface area is 269 Å². The minimum absolute atomic E-state index is 0.00967. The van der Waals surface area contributed by atoms with Gasteiger partial charge in [-0.2, -0.15) is 0 Å². The Bertz CT molecular complexity index is 1880. The van der Waals surface area contributed by atoms with Gasteiger partial charge in [0.25, 0.3) is 11.8 Å². The number of phenolic OH excluding ortho intramolecular Hbond substituents is 2. The van der Waals surface area contributed by atoms with Crippen molar-refractivity contribution in [3.63, 3.8) is 0 Å². The molecule has 236 valence electrons. The first kappa shape index (κ1) is 32.1. The zero-order chi connectivity index (χ0) is 32.8. The van der Waals surface area contributed by atoms with Gasteiger partial charge in [0, 0.05) is 39.1 Å². The lowest BCUT2D eigenvalue weighted by molar-refractivity contribution is -0.161. The van der Waals surface area contributed by atoms with Crippen LogP contribution < -0.4 is 16.5 Å². The number of nitrogens with zero attached hydrogens (tertiary/aromatic N) is 3. The number of amides is 2. The second-order valence-electron chi connectivity index (χ2n) is 10.1. The number of carboxylic acids is 2. The SMILES string of the molecule is CC(C)(O/N=C(\C(=O)N[C@@H]1C(=O)N2C(C(=O)O)=C(CSc3cc(=O)c4cc(O)c(O)cc4s3)CS[C@@H]12)c1csc(N)n1)C(=O)O. The molecule has 2 aromatic heterocycles. The van der Waals surface area contributed by atoms with E-state index in [1.165, 1.54) is 72.3 Å². The number of hydrogen-bond acceptors (Lipinski definition) is 15. The predicted molar refractivity (Wildman–Crippen MR) is 168 cm³/mol. The molecule has 0 spiro atoms. The molecule has 2 aliphatic heterocycles. The van der Waals surface area contributed by atoms with Crippen molar-refractivity contribution in [3.8, 4) is 11.5 Å². The van der Waals surface area contributed by atoms with Crippen molar-refractivity contribution in [2.24, 2.45) is 5.16 Å². The van der Waals surface area contributed by atoms with Crippen molar-refractivity contribution in [1.29, 1.82) is 0 Å². The number of hydrogen-bond donors (Lipinski definition) is 6. The third kappa shape index (κ3) is 6.28. The lowest BCUT2D eigenvalue weighted by Crippen LogP contribution is -2.71. The van der Waals surface area contributed by atoms with Crippen LogP contribution in [0.3, 0.4) is 0 Å². The number of thiazole rings is 1. The van der Waals surface area contributed by atoms with Gasteiger partial charge < -0.3 is 36.3 Å². The van der Waals surface area contributed by atoms with E-state index in [0.717, 1.165) is 16.2 Å². The zero-order valence-electron chi connectivity index (χ0n) is 23.2. The maximum Gasteiger partial charge on any atom is 0.352 e. The second-order valence-corrected chi connectivity index (χ2v) is 14.4. The average Bonchev–Trinajstić information content (AvgIpc) is 3.40. The molecular weight excluding hydrogens is 671 g/mol. The highest BCUT2D eigenvalue weighted by molar-refractivity contribution is 8.02. The number of aromatic nitrogens is 1. The van der Waals surface area contributed by atoms with Gasteiger partial charge in [-0.25, -0.2) is 14.6 Å². The van der Waals surface area contributed by atoms with E-state index in [-0.39, 0.29) is 44.6 Å². The highest BCUT2D eigenvalue weighted by atomic mass is 32.2. The van der Waals surface area contributed by atoms with Crippen LogP contribution in [0.2, 0.25) is 0 Å². The molecule has 0 radical (unpaired) electrons. The molecule has 2 atom stereocenters. The van der Waals surface area contributed by atoms with Crippen LogP contribution in [-0.4, -0.2) is 88.3 Å². The topological polar surface area (TPSA) is 242 Å². The third-order valence-electron chi connectivity index (χ3n) is 6.59. The number of β-lactam (4-membered cyclic amide) rings is 1. The number of rotatable bonds is 10. The van der Waals surface area contributed by atoms with Crippen molar-refractivity contribution in [1.82, 2.24) is 15.2 Å². The standard InChI is InChI=1S/C26H23N5O10S4/c1-26(2,24(39)40)41-30-17(11-8-44-25(27)28-11)20(35)29-18-21(36)31-19(23(37)38)9(7-43-22(18)31)6-42-16-5-12(32)10-3-13(33)14(34)4-15(10)45-16/h3-5,8,18,22,33-34H,6-7H2,1-2H3,(H2,27,28)(H,29,35)(H,37,38)(H,39,40)/b30-17-/t18-,22+/m1/s1. The Morgan fingerprint density at radius 3 is 2.56 bits per heavy atom. The van der Waals surface area contributed by atoms with Crippen LogP contribution in [0.4, 0.5) is 5.13 Å². The first-order valence-electron chi connectivity index (χ1n) is 12.7. The molecular formula is C26H23N5O10S4. The van der Waals surface area contributed by atoms with E-state index in [0.29, 0.717) is 14.5 Å². The highest BCUT2D eigenvalue weighted by Crippen LogP contribution is 2.42. The summed E-state index contributed by atoms with van der Waals surface area (Å²) in [6, 6.07) is 2.67. The van der Waals surface area contributed by atoms with Crippen molar-refractivity contribution in [2.75, 3.05) is 17.2 Å². The van der Waals surface area contributed by atoms with E-state index in [9.17, 15) is 44.4 Å². The number of carbonyl (C=O) groups excluding carboxylic acids is 2. The summed E-state index contributed by atoms with van der Waals surface area (Å²) < 4.78 is 0.965. The Balaban J connectivity index is 1.34. The summed E-state index contributed by atoms with van der Waals surface area (Å²) in [5, 5.41) is 46.1. The van der Waals surface area contributed by atoms with Crippen LogP contribution in [0.15, 0.2) is 49.0 Å². The fraction of sp³-hybridized carbons (Fsp3) is 0.269. The van der Waals surface area contributed by atoms with Gasteiger partial charge in [0.05, 0.1) is 4.21 Å². The van der Waals surface area contributed by atoms with E-state index in [2.05, 4.69) is 15.5 Å². The molecule has 45 heavy (non-hydrogen) atoms. The summed E-state index contributed by atoms with van der Waals surface area (Å²) in [5.74, 6) is -4.75. The first-order valence-corrected chi connectivity index (χ1v) is 16.5. The number of benzene rings is 1. The predicted octanol–water partition coefficient (Wildman–Crippen LogP) is 1.83. The molecule has 15 nitrogen and oxygen atoms in total. The molecule has 1 aromatic carbocycles. The molecule has 3 aromatic rings. The normalized spacial score (nSPS) is 18.4. The van der Waals surface area contributed by atoms with Gasteiger partial charge in [-0.15, -0.1) is 46.2 Å². The molecule has 0 bridgehead atoms. The monoisotopic (exact) mass is 693 g/mol. The van der Waals surface area contributed by atoms with Crippen molar-refractivity contribution in [2.45, 2.75) is 35.1 Å². The number of fused-ring (bicyclic) bond motifs is 2. The molecule has 5 rings (SSSR count). The van der Waals surface area contributed by atoms with Crippen molar-refractivity contribution < 1.29 is 44.4 Å². The van der Waals surface area contributed by atoms with Crippen LogP contribution in [0.25, 0.3) is 10.1 Å². The molecule has 2 aliphatic rings. The summed E-state index contributed by atoms with van der Waals surface area (Å²) >= 11 is 4.59. The Kier molecular flexibility index (Phi) is 8.71. The number of aromatic hydroxyl groups is 2. The molecule has 2 amide bonds. The molecule has 0 unspecified atom stereocenters. The van der Waals surface area contributed by atoms with E-state index < -0.39 is 52.2 Å². The average molecular weight is 694 g/mol.